The number of esters is 1. The van der Waals surface area contributed by atoms with Crippen LogP contribution in [0.4, 0.5) is 0 Å². The summed E-state index contributed by atoms with van der Waals surface area (Å²) in [4.78, 5) is 22.6. The Kier molecular flexibility index (Phi) is 6.39. The molecule has 1 fully saturated rings. The van der Waals surface area contributed by atoms with Crippen LogP contribution < -0.4 is 4.74 Å². The highest BCUT2D eigenvalue weighted by atomic mass is 16.7. The summed E-state index contributed by atoms with van der Waals surface area (Å²) in [7, 11) is 0. The smallest absolute Gasteiger partial charge is 0.333 e. The van der Waals surface area contributed by atoms with Gasteiger partial charge < -0.3 is 24.4 Å². The Bertz CT molecular complexity index is 626. The third-order valence-electron chi connectivity index (χ3n) is 3.89. The maximum Gasteiger partial charge on any atom is 0.333 e. The van der Waals surface area contributed by atoms with Gasteiger partial charge in [-0.2, -0.15) is 0 Å². The molecular formula is C18H24O7. The number of carboxylic acid groups (broad SMARTS) is 1. The van der Waals surface area contributed by atoms with Gasteiger partial charge in [-0.05, 0) is 30.2 Å². The van der Waals surface area contributed by atoms with Crippen LogP contribution in [0.25, 0.3) is 0 Å². The van der Waals surface area contributed by atoms with Crippen molar-refractivity contribution in [2.75, 3.05) is 0 Å². The molecule has 25 heavy (non-hydrogen) atoms. The fourth-order valence-corrected chi connectivity index (χ4v) is 2.49. The van der Waals surface area contributed by atoms with Crippen molar-refractivity contribution in [2.45, 2.75) is 58.7 Å². The van der Waals surface area contributed by atoms with E-state index in [1.165, 1.54) is 0 Å². The molecule has 1 saturated heterocycles. The maximum atomic E-state index is 11.5. The minimum atomic E-state index is -1.12. The number of rotatable bonds is 6. The highest BCUT2D eigenvalue weighted by Gasteiger charge is 2.34. The molecule has 138 valence electrons. The maximum absolute atomic E-state index is 11.5. The SMILES string of the molecule is Cc1cc(COC(=O)C(C)C)ccc1OC1CC(O)CC(C(=O)O)O1. The molecule has 3 atom stereocenters. The van der Waals surface area contributed by atoms with E-state index >= 15 is 0 Å². The van der Waals surface area contributed by atoms with Gasteiger partial charge in [-0.25, -0.2) is 4.79 Å². The molecule has 1 aliphatic heterocycles. The lowest BCUT2D eigenvalue weighted by Gasteiger charge is -2.31. The molecule has 0 bridgehead atoms. The standard InChI is InChI=1S/C18H24O7/c1-10(2)18(22)23-9-12-4-5-14(11(3)6-12)24-16-8-13(19)7-15(25-16)17(20)21/h4-6,10,13,15-16,19H,7-9H2,1-3H3,(H,20,21). The number of hydrogen-bond acceptors (Lipinski definition) is 6. The van der Waals surface area contributed by atoms with E-state index in [-0.39, 0.29) is 31.3 Å². The Labute approximate surface area is 146 Å². The van der Waals surface area contributed by atoms with E-state index in [1.54, 1.807) is 26.0 Å². The third-order valence-corrected chi connectivity index (χ3v) is 3.89. The molecule has 0 saturated carbocycles. The number of carboxylic acids is 1. The van der Waals surface area contributed by atoms with Crippen LogP contribution in [0.5, 0.6) is 5.75 Å². The molecule has 1 aromatic carbocycles. The molecule has 7 nitrogen and oxygen atoms in total. The summed E-state index contributed by atoms with van der Waals surface area (Å²) >= 11 is 0. The predicted molar refractivity (Wildman–Crippen MR) is 88.0 cm³/mol. The molecule has 3 unspecified atom stereocenters. The van der Waals surface area contributed by atoms with Crippen LogP contribution in [0.3, 0.4) is 0 Å². The highest BCUT2D eigenvalue weighted by molar-refractivity contribution is 5.72. The van der Waals surface area contributed by atoms with Gasteiger partial charge in [0.05, 0.1) is 12.0 Å². The number of benzene rings is 1. The summed E-state index contributed by atoms with van der Waals surface area (Å²) in [5, 5.41) is 18.8. The van der Waals surface area contributed by atoms with Gasteiger partial charge in [0, 0.05) is 12.8 Å². The molecule has 2 N–H and O–H groups in total. The van der Waals surface area contributed by atoms with Crippen LogP contribution in [0, 0.1) is 12.8 Å². The van der Waals surface area contributed by atoms with E-state index < -0.39 is 24.5 Å². The molecule has 0 amide bonds. The summed E-state index contributed by atoms with van der Waals surface area (Å²) in [5.74, 6) is -1.03. The Hall–Kier alpha value is -2.12. The summed E-state index contributed by atoms with van der Waals surface area (Å²) in [6, 6.07) is 5.31. The van der Waals surface area contributed by atoms with Crippen molar-refractivity contribution in [3.05, 3.63) is 29.3 Å². The van der Waals surface area contributed by atoms with Gasteiger partial charge in [0.15, 0.2) is 6.10 Å². The predicted octanol–water partition coefficient (Wildman–Crippen LogP) is 2.02. The quantitative estimate of drug-likeness (QED) is 0.755. The molecule has 1 aliphatic rings. The van der Waals surface area contributed by atoms with Crippen molar-refractivity contribution in [1.82, 2.24) is 0 Å². The minimum Gasteiger partial charge on any atom is -0.479 e. The van der Waals surface area contributed by atoms with Gasteiger partial charge >= 0.3 is 11.9 Å². The lowest BCUT2D eigenvalue weighted by molar-refractivity contribution is -0.195. The van der Waals surface area contributed by atoms with Crippen molar-refractivity contribution in [3.8, 4) is 5.75 Å². The van der Waals surface area contributed by atoms with Crippen molar-refractivity contribution >= 4 is 11.9 Å². The lowest BCUT2D eigenvalue weighted by Crippen LogP contribution is -2.42. The van der Waals surface area contributed by atoms with Crippen LogP contribution >= 0.6 is 0 Å². The number of aryl methyl sites for hydroxylation is 1. The second-order valence-electron chi connectivity index (χ2n) is 6.50. The van der Waals surface area contributed by atoms with E-state index in [4.69, 9.17) is 19.3 Å². The summed E-state index contributed by atoms with van der Waals surface area (Å²) in [5.41, 5.74) is 1.63. The van der Waals surface area contributed by atoms with Crippen molar-refractivity contribution in [3.63, 3.8) is 0 Å². The van der Waals surface area contributed by atoms with Crippen LogP contribution in [0.2, 0.25) is 0 Å². The normalized spacial score (nSPS) is 23.3. The average molecular weight is 352 g/mol. The number of carbonyl (C=O) groups is 2. The molecule has 0 aliphatic carbocycles. The topological polar surface area (TPSA) is 102 Å². The van der Waals surface area contributed by atoms with Crippen LogP contribution in [-0.2, 0) is 25.7 Å². The van der Waals surface area contributed by atoms with Gasteiger partial charge in [-0.3, -0.25) is 4.79 Å². The van der Waals surface area contributed by atoms with E-state index in [9.17, 15) is 14.7 Å². The lowest BCUT2D eigenvalue weighted by atomic mass is 10.1. The summed E-state index contributed by atoms with van der Waals surface area (Å²) in [6.07, 6.45) is -2.43. The van der Waals surface area contributed by atoms with Gasteiger partial charge in [0.2, 0.25) is 6.29 Å². The second kappa shape index (κ2) is 8.31. The number of carbonyl (C=O) groups excluding carboxylic acids is 1. The highest BCUT2D eigenvalue weighted by Crippen LogP contribution is 2.26. The van der Waals surface area contributed by atoms with Gasteiger partial charge in [0.1, 0.15) is 12.4 Å². The van der Waals surface area contributed by atoms with Gasteiger partial charge in [-0.15, -0.1) is 0 Å². The molecule has 1 heterocycles. The molecular weight excluding hydrogens is 328 g/mol. The van der Waals surface area contributed by atoms with Crippen molar-refractivity contribution in [2.24, 2.45) is 5.92 Å². The Morgan fingerprint density at radius 3 is 2.64 bits per heavy atom. The number of aliphatic hydroxyl groups excluding tert-OH is 1. The van der Waals surface area contributed by atoms with Crippen molar-refractivity contribution < 1.29 is 34.0 Å². The first kappa shape index (κ1) is 19.2. The Balaban J connectivity index is 1.98. The molecule has 0 aromatic heterocycles. The molecule has 0 radical (unpaired) electrons. The first-order valence-corrected chi connectivity index (χ1v) is 8.25. The van der Waals surface area contributed by atoms with Gasteiger partial charge in [-0.1, -0.05) is 19.9 Å². The molecule has 7 heteroatoms. The Morgan fingerprint density at radius 2 is 2.04 bits per heavy atom. The average Bonchev–Trinajstić information content (AvgIpc) is 2.54. The number of hydrogen-bond donors (Lipinski definition) is 2. The van der Waals surface area contributed by atoms with Crippen LogP contribution in [-0.4, -0.2) is 40.6 Å². The zero-order valence-corrected chi connectivity index (χ0v) is 14.6. The largest absolute Gasteiger partial charge is 0.479 e. The molecule has 2 rings (SSSR count). The van der Waals surface area contributed by atoms with E-state index in [0.717, 1.165) is 11.1 Å². The summed E-state index contributed by atoms with van der Waals surface area (Å²) in [6.45, 7) is 5.55. The van der Waals surface area contributed by atoms with E-state index in [1.807, 2.05) is 13.0 Å². The monoisotopic (exact) mass is 352 g/mol. The number of ether oxygens (including phenoxy) is 3. The zero-order chi connectivity index (χ0) is 18.6. The van der Waals surface area contributed by atoms with Crippen LogP contribution in [0.15, 0.2) is 18.2 Å². The molecule has 0 spiro atoms. The van der Waals surface area contributed by atoms with E-state index in [0.29, 0.717) is 5.75 Å². The fraction of sp³-hybridized carbons (Fsp3) is 0.556. The number of aliphatic hydroxyl groups is 1. The Morgan fingerprint density at radius 1 is 1.32 bits per heavy atom. The van der Waals surface area contributed by atoms with Crippen molar-refractivity contribution in [1.29, 1.82) is 0 Å². The first-order valence-electron chi connectivity index (χ1n) is 8.25. The second-order valence-corrected chi connectivity index (χ2v) is 6.50. The first-order chi connectivity index (χ1) is 11.8. The van der Waals surface area contributed by atoms with Crippen LogP contribution in [0.1, 0.15) is 37.8 Å². The van der Waals surface area contributed by atoms with E-state index in [2.05, 4.69) is 0 Å². The number of aliphatic carboxylic acids is 1. The summed E-state index contributed by atoms with van der Waals surface area (Å²) < 4.78 is 16.3. The molecule has 1 aromatic rings. The van der Waals surface area contributed by atoms with Gasteiger partial charge in [0.25, 0.3) is 0 Å². The zero-order valence-electron chi connectivity index (χ0n) is 14.6. The fourth-order valence-electron chi connectivity index (χ4n) is 2.49. The third kappa shape index (κ3) is 5.44. The minimum absolute atomic E-state index is 0.0499.